The molecule has 3 aromatic carbocycles. The minimum absolute atomic E-state index is 0.0228. The van der Waals surface area contributed by atoms with Crippen molar-refractivity contribution >= 4 is 0 Å². The first-order valence-corrected chi connectivity index (χ1v) is 10.4. The molecular formula is C26H26FO5. The molecule has 1 N–H and O–H groups in total. The molecule has 0 spiro atoms. The lowest BCUT2D eigenvalue weighted by atomic mass is 9.80. The summed E-state index contributed by atoms with van der Waals surface area (Å²) in [5.74, 6) is 1.43. The summed E-state index contributed by atoms with van der Waals surface area (Å²) < 4.78 is 36.4. The van der Waals surface area contributed by atoms with E-state index < -0.39 is 24.0 Å². The van der Waals surface area contributed by atoms with Gasteiger partial charge in [0.1, 0.15) is 35.9 Å². The van der Waals surface area contributed by atoms with Gasteiger partial charge in [-0.2, -0.15) is 0 Å². The van der Waals surface area contributed by atoms with Crippen LogP contribution in [0.1, 0.15) is 16.7 Å². The lowest BCUT2D eigenvalue weighted by Crippen LogP contribution is -2.39. The topological polar surface area (TPSA) is 57.2 Å². The molecule has 0 saturated carbocycles. The number of alkyl halides is 1. The lowest BCUT2D eigenvalue weighted by molar-refractivity contribution is -0.0661. The molecule has 0 bridgehead atoms. The van der Waals surface area contributed by atoms with Gasteiger partial charge in [0.2, 0.25) is 0 Å². The van der Waals surface area contributed by atoms with Crippen LogP contribution < -0.4 is 9.47 Å². The normalized spacial score (nSPS) is 20.8. The van der Waals surface area contributed by atoms with Gasteiger partial charge in [0, 0.05) is 0 Å². The van der Waals surface area contributed by atoms with Crippen molar-refractivity contribution in [1.29, 1.82) is 0 Å². The van der Waals surface area contributed by atoms with Gasteiger partial charge in [-0.15, -0.1) is 0 Å². The number of hydrogen-bond acceptors (Lipinski definition) is 5. The first kappa shape index (κ1) is 22.3. The van der Waals surface area contributed by atoms with Crippen LogP contribution in [0.3, 0.4) is 0 Å². The van der Waals surface area contributed by atoms with E-state index >= 15 is 0 Å². The Hall–Kier alpha value is -2.93. The van der Waals surface area contributed by atoms with Crippen molar-refractivity contribution in [2.45, 2.75) is 24.0 Å². The van der Waals surface area contributed by atoms with Gasteiger partial charge in [0.25, 0.3) is 0 Å². The van der Waals surface area contributed by atoms with Crippen LogP contribution in [0.4, 0.5) is 4.39 Å². The Labute approximate surface area is 187 Å². The number of ether oxygens (including phenoxy) is 4. The third-order valence-electron chi connectivity index (χ3n) is 5.73. The zero-order valence-electron chi connectivity index (χ0n) is 18.0. The van der Waals surface area contributed by atoms with Crippen molar-refractivity contribution < 1.29 is 28.4 Å². The van der Waals surface area contributed by atoms with E-state index in [9.17, 15) is 9.50 Å². The van der Waals surface area contributed by atoms with Gasteiger partial charge in [-0.1, -0.05) is 54.6 Å². The minimum atomic E-state index is -1.54. The van der Waals surface area contributed by atoms with E-state index in [4.69, 9.17) is 18.9 Å². The summed E-state index contributed by atoms with van der Waals surface area (Å²) in [6.45, 7) is 0.995. The first-order valence-electron chi connectivity index (χ1n) is 10.4. The highest BCUT2D eigenvalue weighted by Crippen LogP contribution is 2.42. The zero-order chi connectivity index (χ0) is 22.6. The van der Waals surface area contributed by atoms with Gasteiger partial charge in [0.05, 0.1) is 20.8 Å². The third kappa shape index (κ3) is 4.21. The van der Waals surface area contributed by atoms with E-state index in [1.165, 1.54) is 0 Å². The number of rotatable bonds is 8. The van der Waals surface area contributed by atoms with Gasteiger partial charge in [-0.05, 0) is 41.0 Å². The van der Waals surface area contributed by atoms with Crippen LogP contribution in [-0.2, 0) is 15.1 Å². The van der Waals surface area contributed by atoms with Crippen molar-refractivity contribution in [3.05, 3.63) is 102 Å². The molecule has 1 aliphatic rings. The number of halogens is 1. The fraction of sp³-hybridized carbons (Fsp3) is 0.269. The average Bonchev–Trinajstić information content (AvgIpc) is 3.18. The first-order chi connectivity index (χ1) is 15.6. The Morgan fingerprint density at radius 3 is 1.75 bits per heavy atom. The molecule has 1 fully saturated rings. The molecule has 167 valence electrons. The molecule has 1 heterocycles. The Morgan fingerprint density at radius 2 is 1.31 bits per heavy atom. The van der Waals surface area contributed by atoms with Crippen LogP contribution >= 0.6 is 0 Å². The van der Waals surface area contributed by atoms with Crippen LogP contribution in [0.15, 0.2) is 78.9 Å². The molecular weight excluding hydrogens is 411 g/mol. The molecule has 1 radical (unpaired) electrons. The number of methoxy groups -OCH3 is 2. The predicted molar refractivity (Wildman–Crippen MR) is 118 cm³/mol. The molecule has 4 rings (SSSR count). The maximum atomic E-state index is 13.8. The van der Waals surface area contributed by atoms with Crippen molar-refractivity contribution in [2.24, 2.45) is 0 Å². The van der Waals surface area contributed by atoms with Gasteiger partial charge >= 0.3 is 0 Å². The van der Waals surface area contributed by atoms with Crippen LogP contribution in [0.25, 0.3) is 0 Å². The highest BCUT2D eigenvalue weighted by Gasteiger charge is 2.42. The highest BCUT2D eigenvalue weighted by atomic mass is 19.1. The summed E-state index contributed by atoms with van der Waals surface area (Å²) in [6.07, 6.45) is -3.64. The van der Waals surface area contributed by atoms with Gasteiger partial charge < -0.3 is 24.1 Å². The SMILES string of the molecule is COc1ccc(C(OC[C@H]2O[CH][C@@H](F)[C@@H]2O)(c2ccccc2)c2ccc(OC)cc2)cc1. The number of benzene rings is 3. The monoisotopic (exact) mass is 437 g/mol. The van der Waals surface area contributed by atoms with E-state index in [0.717, 1.165) is 34.8 Å². The number of hydrogen-bond donors (Lipinski definition) is 1. The summed E-state index contributed by atoms with van der Waals surface area (Å²) >= 11 is 0. The third-order valence-corrected chi connectivity index (χ3v) is 5.73. The number of aliphatic hydroxyl groups is 1. The van der Waals surface area contributed by atoms with E-state index in [-0.39, 0.29) is 6.61 Å². The summed E-state index contributed by atoms with van der Waals surface area (Å²) in [7, 11) is 3.23. The van der Waals surface area contributed by atoms with Gasteiger partial charge in [-0.25, -0.2) is 4.39 Å². The lowest BCUT2D eigenvalue weighted by Gasteiger charge is -2.37. The Kier molecular flexibility index (Phi) is 6.74. The molecule has 32 heavy (non-hydrogen) atoms. The molecule has 0 unspecified atom stereocenters. The Balaban J connectivity index is 1.84. The van der Waals surface area contributed by atoms with Gasteiger partial charge in [0.15, 0.2) is 6.17 Å². The van der Waals surface area contributed by atoms with E-state index in [1.807, 2.05) is 78.9 Å². The summed E-state index contributed by atoms with van der Waals surface area (Å²) in [5.41, 5.74) is 1.53. The highest BCUT2D eigenvalue weighted by molar-refractivity contribution is 5.49. The fourth-order valence-corrected chi connectivity index (χ4v) is 3.96. The Morgan fingerprint density at radius 1 is 0.812 bits per heavy atom. The minimum Gasteiger partial charge on any atom is -0.497 e. The van der Waals surface area contributed by atoms with Crippen molar-refractivity contribution in [1.82, 2.24) is 0 Å². The van der Waals surface area contributed by atoms with Crippen molar-refractivity contribution in [3.8, 4) is 11.5 Å². The molecule has 0 aliphatic carbocycles. The Bertz CT molecular complexity index is 943. The molecule has 5 nitrogen and oxygen atoms in total. The average molecular weight is 437 g/mol. The van der Waals surface area contributed by atoms with Crippen LogP contribution in [0.5, 0.6) is 11.5 Å². The molecule has 6 heteroatoms. The second-order valence-electron chi connectivity index (χ2n) is 7.56. The van der Waals surface area contributed by atoms with E-state index in [0.29, 0.717) is 0 Å². The van der Waals surface area contributed by atoms with Crippen molar-refractivity contribution in [3.63, 3.8) is 0 Å². The molecule has 3 aromatic rings. The molecule has 0 aromatic heterocycles. The molecule has 3 atom stereocenters. The zero-order valence-corrected chi connectivity index (χ0v) is 18.0. The van der Waals surface area contributed by atoms with Crippen LogP contribution in [0.2, 0.25) is 0 Å². The maximum Gasteiger partial charge on any atom is 0.157 e. The summed E-state index contributed by atoms with van der Waals surface area (Å²) in [6, 6.07) is 25.0. The van der Waals surface area contributed by atoms with Crippen LogP contribution in [-0.4, -0.2) is 44.3 Å². The number of aliphatic hydroxyl groups excluding tert-OH is 1. The standard InChI is InChI=1S/C26H26FO5/c1-29-21-12-8-19(9-13-21)26(18-6-4-3-5-7-18,20-10-14-22(30-2)15-11-20)32-17-24-25(28)23(27)16-31-24/h3-16,23-25,28H,17H2,1-2H3/t23-,24-,25+/m1/s1. The second-order valence-corrected chi connectivity index (χ2v) is 7.56. The smallest absolute Gasteiger partial charge is 0.157 e. The summed E-state index contributed by atoms with van der Waals surface area (Å²) in [4.78, 5) is 0. The molecule has 1 aliphatic heterocycles. The summed E-state index contributed by atoms with van der Waals surface area (Å²) in [5, 5.41) is 10.2. The maximum absolute atomic E-state index is 13.8. The van der Waals surface area contributed by atoms with Crippen molar-refractivity contribution in [2.75, 3.05) is 20.8 Å². The van der Waals surface area contributed by atoms with E-state index in [1.54, 1.807) is 14.2 Å². The second kappa shape index (κ2) is 9.69. The van der Waals surface area contributed by atoms with E-state index in [2.05, 4.69) is 0 Å². The largest absolute Gasteiger partial charge is 0.497 e. The van der Waals surface area contributed by atoms with Gasteiger partial charge in [-0.3, -0.25) is 0 Å². The fourth-order valence-electron chi connectivity index (χ4n) is 3.96. The molecule has 0 amide bonds. The molecule has 1 saturated heterocycles. The predicted octanol–water partition coefficient (Wildman–Crippen LogP) is 4.27. The quantitative estimate of drug-likeness (QED) is 0.534. The van der Waals surface area contributed by atoms with Crippen LogP contribution in [0, 0.1) is 6.61 Å².